The second-order valence-corrected chi connectivity index (χ2v) is 5.26. The number of nitrogens with zero attached hydrogens (tertiary/aromatic N) is 3. The Balaban J connectivity index is 0.00000106. The zero-order valence-electron chi connectivity index (χ0n) is 13.7. The summed E-state index contributed by atoms with van der Waals surface area (Å²) < 4.78 is 0. The molecule has 5 nitrogen and oxygen atoms in total. The van der Waals surface area contributed by atoms with Gasteiger partial charge in [0.25, 0.3) is 0 Å². The molecule has 0 saturated carbocycles. The summed E-state index contributed by atoms with van der Waals surface area (Å²) in [7, 11) is 0. The lowest BCUT2D eigenvalue weighted by atomic mass is 10.1. The van der Waals surface area contributed by atoms with E-state index in [0.717, 1.165) is 24.5 Å². The fourth-order valence-corrected chi connectivity index (χ4v) is 2.73. The van der Waals surface area contributed by atoms with Crippen LogP contribution < -0.4 is 4.90 Å². The molecule has 1 saturated heterocycles. The summed E-state index contributed by atoms with van der Waals surface area (Å²) in [6.07, 6.45) is 1.86. The third kappa shape index (κ3) is 4.17. The Morgan fingerprint density at radius 2 is 1.86 bits per heavy atom. The molecule has 0 bridgehead atoms. The van der Waals surface area contributed by atoms with Crippen LogP contribution in [-0.2, 0) is 4.79 Å². The van der Waals surface area contributed by atoms with Gasteiger partial charge in [0.1, 0.15) is 12.4 Å². The summed E-state index contributed by atoms with van der Waals surface area (Å²) >= 11 is 0. The molecule has 2 atom stereocenters. The predicted molar refractivity (Wildman–Crippen MR) is 85.4 cm³/mol. The lowest BCUT2D eigenvalue weighted by molar-refractivity contribution is -0.139. The fourth-order valence-electron chi connectivity index (χ4n) is 2.73. The van der Waals surface area contributed by atoms with Crippen molar-refractivity contribution in [3.05, 3.63) is 23.9 Å². The number of pyridine rings is 1. The number of aliphatic hydroxyl groups excluding tert-OH is 1. The van der Waals surface area contributed by atoms with Crippen LogP contribution in [0, 0.1) is 6.92 Å². The molecular weight excluding hydrogens is 266 g/mol. The molecule has 1 aliphatic heterocycles. The first kappa shape index (κ1) is 17.4. The summed E-state index contributed by atoms with van der Waals surface area (Å²) in [5.74, 6) is 0.747. The van der Waals surface area contributed by atoms with Gasteiger partial charge in [-0.1, -0.05) is 19.9 Å². The van der Waals surface area contributed by atoms with E-state index >= 15 is 0 Å². The van der Waals surface area contributed by atoms with Crippen molar-refractivity contribution >= 4 is 11.7 Å². The highest BCUT2D eigenvalue weighted by Gasteiger charge is 2.32. The number of amides is 1. The molecule has 2 unspecified atom stereocenters. The molecule has 1 fully saturated rings. The van der Waals surface area contributed by atoms with Gasteiger partial charge in [0.15, 0.2) is 0 Å². The number of hydrogen-bond donors (Lipinski definition) is 1. The van der Waals surface area contributed by atoms with E-state index in [0.29, 0.717) is 0 Å². The first-order valence-electron chi connectivity index (χ1n) is 7.62. The Morgan fingerprint density at radius 1 is 1.29 bits per heavy atom. The van der Waals surface area contributed by atoms with Crippen LogP contribution in [0.1, 0.15) is 33.3 Å². The molecule has 0 radical (unpaired) electrons. The number of carbonyl (C=O) groups is 1. The van der Waals surface area contributed by atoms with Gasteiger partial charge in [-0.15, -0.1) is 0 Å². The molecule has 2 rings (SSSR count). The molecule has 21 heavy (non-hydrogen) atoms. The number of rotatable bonds is 2. The van der Waals surface area contributed by atoms with E-state index in [2.05, 4.69) is 9.88 Å². The van der Waals surface area contributed by atoms with Crippen LogP contribution in [-0.4, -0.2) is 52.7 Å². The van der Waals surface area contributed by atoms with Gasteiger partial charge >= 0.3 is 0 Å². The van der Waals surface area contributed by atoms with E-state index < -0.39 is 6.61 Å². The van der Waals surface area contributed by atoms with Crippen LogP contribution in [0.25, 0.3) is 0 Å². The van der Waals surface area contributed by atoms with Gasteiger partial charge in [0.2, 0.25) is 5.91 Å². The average molecular weight is 293 g/mol. The normalized spacial score (nSPS) is 21.6. The van der Waals surface area contributed by atoms with Crippen molar-refractivity contribution in [3.63, 3.8) is 0 Å². The molecular formula is C16H27N3O2. The molecule has 1 aromatic heterocycles. The molecule has 2 heterocycles. The molecule has 0 aliphatic carbocycles. The number of hydrogen-bond acceptors (Lipinski definition) is 4. The first-order chi connectivity index (χ1) is 10.0. The summed E-state index contributed by atoms with van der Waals surface area (Å²) in [6, 6.07) is 4.21. The van der Waals surface area contributed by atoms with E-state index in [1.165, 1.54) is 0 Å². The second-order valence-electron chi connectivity index (χ2n) is 5.26. The van der Waals surface area contributed by atoms with Crippen LogP contribution >= 0.6 is 0 Å². The summed E-state index contributed by atoms with van der Waals surface area (Å²) in [5.41, 5.74) is 1.14. The van der Waals surface area contributed by atoms with E-state index in [1.807, 2.05) is 52.9 Å². The van der Waals surface area contributed by atoms with Gasteiger partial charge in [-0.05, 0) is 32.4 Å². The fraction of sp³-hybridized carbons (Fsp3) is 0.625. The Labute approximate surface area is 127 Å². The Kier molecular flexibility index (Phi) is 6.62. The molecule has 0 spiro atoms. The second kappa shape index (κ2) is 7.98. The number of aryl methyl sites for hydroxylation is 1. The van der Waals surface area contributed by atoms with Crippen molar-refractivity contribution in [3.8, 4) is 0 Å². The third-order valence-electron chi connectivity index (χ3n) is 3.56. The Hall–Kier alpha value is -1.62. The highest BCUT2D eigenvalue weighted by molar-refractivity contribution is 5.78. The lowest BCUT2D eigenvalue weighted by Gasteiger charge is -2.44. The third-order valence-corrected chi connectivity index (χ3v) is 3.56. The zero-order chi connectivity index (χ0) is 16.0. The number of carbonyl (C=O) groups excluding carboxylic acids is 1. The maximum atomic E-state index is 11.7. The molecule has 1 amide bonds. The van der Waals surface area contributed by atoms with Crippen molar-refractivity contribution in [1.29, 1.82) is 0 Å². The average Bonchev–Trinajstić information content (AvgIpc) is 2.49. The van der Waals surface area contributed by atoms with Crippen molar-refractivity contribution in [2.45, 2.75) is 46.7 Å². The van der Waals surface area contributed by atoms with Crippen LogP contribution in [0.2, 0.25) is 0 Å². The van der Waals surface area contributed by atoms with Gasteiger partial charge in [-0.25, -0.2) is 4.98 Å². The topological polar surface area (TPSA) is 56.7 Å². The number of anilines is 1. The predicted octanol–water partition coefficient (Wildman–Crippen LogP) is 1.83. The van der Waals surface area contributed by atoms with Crippen molar-refractivity contribution < 1.29 is 9.90 Å². The summed E-state index contributed by atoms with van der Waals surface area (Å²) in [6.45, 7) is 11.1. The molecule has 1 aliphatic rings. The Bertz CT molecular complexity index is 435. The summed E-state index contributed by atoms with van der Waals surface area (Å²) in [4.78, 5) is 20.1. The monoisotopic (exact) mass is 293 g/mol. The van der Waals surface area contributed by atoms with Gasteiger partial charge < -0.3 is 14.9 Å². The van der Waals surface area contributed by atoms with Crippen LogP contribution in [0.4, 0.5) is 5.82 Å². The molecule has 0 aromatic carbocycles. The van der Waals surface area contributed by atoms with Gasteiger partial charge in [-0.3, -0.25) is 4.79 Å². The standard InChI is InChI=1S/C14H21N3O2.C2H6/c1-10-4-5-13(15-6-10)16-7-11(2)17(12(3)8-16)14(19)9-18;1-2/h4-6,11-12,18H,7-9H2,1-3H3;1-2H3. The molecule has 118 valence electrons. The smallest absolute Gasteiger partial charge is 0.248 e. The minimum absolute atomic E-state index is 0.0755. The highest BCUT2D eigenvalue weighted by Crippen LogP contribution is 2.21. The minimum atomic E-state index is -0.419. The molecule has 5 heteroatoms. The van der Waals surface area contributed by atoms with Gasteiger partial charge in [0.05, 0.1) is 0 Å². The largest absolute Gasteiger partial charge is 0.387 e. The van der Waals surface area contributed by atoms with Crippen LogP contribution in [0.15, 0.2) is 18.3 Å². The molecule has 1 N–H and O–H groups in total. The van der Waals surface area contributed by atoms with Gasteiger partial charge in [-0.2, -0.15) is 0 Å². The SMILES string of the molecule is CC.Cc1ccc(N2CC(C)N(C(=O)CO)C(C)C2)nc1. The minimum Gasteiger partial charge on any atom is -0.387 e. The first-order valence-corrected chi connectivity index (χ1v) is 7.62. The van der Waals surface area contributed by atoms with E-state index in [1.54, 1.807) is 4.90 Å². The van der Waals surface area contributed by atoms with Crippen molar-refractivity contribution in [2.75, 3.05) is 24.6 Å². The van der Waals surface area contributed by atoms with E-state index in [9.17, 15) is 4.79 Å². The van der Waals surface area contributed by atoms with E-state index in [4.69, 9.17) is 5.11 Å². The Morgan fingerprint density at radius 3 is 2.29 bits per heavy atom. The van der Waals surface area contributed by atoms with E-state index in [-0.39, 0.29) is 18.0 Å². The highest BCUT2D eigenvalue weighted by atomic mass is 16.3. The lowest BCUT2D eigenvalue weighted by Crippen LogP contribution is -2.59. The van der Waals surface area contributed by atoms with Crippen LogP contribution in [0.3, 0.4) is 0 Å². The van der Waals surface area contributed by atoms with Crippen LogP contribution in [0.5, 0.6) is 0 Å². The van der Waals surface area contributed by atoms with Crippen molar-refractivity contribution in [2.24, 2.45) is 0 Å². The van der Waals surface area contributed by atoms with Crippen molar-refractivity contribution in [1.82, 2.24) is 9.88 Å². The maximum Gasteiger partial charge on any atom is 0.248 e. The number of aromatic nitrogens is 1. The number of piperazine rings is 1. The summed E-state index contributed by atoms with van der Waals surface area (Å²) in [5, 5.41) is 9.02. The molecule has 1 aromatic rings. The maximum absolute atomic E-state index is 11.7. The zero-order valence-corrected chi connectivity index (χ0v) is 13.7. The quantitative estimate of drug-likeness (QED) is 0.904. The van der Waals surface area contributed by atoms with Gasteiger partial charge in [0, 0.05) is 31.4 Å². The number of aliphatic hydroxyl groups is 1.